The van der Waals surface area contributed by atoms with Crippen molar-refractivity contribution < 1.29 is 14.3 Å². The van der Waals surface area contributed by atoms with Crippen molar-refractivity contribution in [3.05, 3.63) is 61.1 Å². The van der Waals surface area contributed by atoms with Gasteiger partial charge in [-0.05, 0) is 24.3 Å². The van der Waals surface area contributed by atoms with Crippen LogP contribution < -0.4 is 19.7 Å². The molecule has 1 saturated heterocycles. The number of piperazine rings is 1. The number of hydrogen-bond acceptors (Lipinski definition) is 8. The summed E-state index contributed by atoms with van der Waals surface area (Å²) in [6, 6.07) is 14.8. The molecule has 2 aromatic heterocycles. The predicted octanol–water partition coefficient (Wildman–Crippen LogP) is 2.35. The fraction of sp³-hybridized carbons (Fsp3) is 0.273. The van der Waals surface area contributed by atoms with E-state index in [0.717, 1.165) is 11.6 Å². The van der Waals surface area contributed by atoms with Crippen molar-refractivity contribution >= 4 is 23.4 Å². The highest BCUT2D eigenvalue weighted by Crippen LogP contribution is 2.20. The van der Waals surface area contributed by atoms with E-state index in [1.165, 1.54) is 6.33 Å². The van der Waals surface area contributed by atoms with E-state index in [9.17, 15) is 4.79 Å². The maximum atomic E-state index is 12.5. The molecule has 31 heavy (non-hydrogen) atoms. The number of pyridine rings is 1. The number of ether oxygens (including phenoxy) is 2. The average Bonchev–Trinajstić information content (AvgIpc) is 2.83. The van der Waals surface area contributed by atoms with E-state index in [1.54, 1.807) is 25.4 Å². The number of carbonyl (C=O) groups is 1. The molecule has 0 saturated carbocycles. The van der Waals surface area contributed by atoms with E-state index in [4.69, 9.17) is 9.47 Å². The average molecular weight is 420 g/mol. The van der Waals surface area contributed by atoms with Crippen LogP contribution in [0.15, 0.2) is 61.1 Å². The predicted molar refractivity (Wildman–Crippen MR) is 117 cm³/mol. The minimum atomic E-state index is -0.0392. The fourth-order valence-corrected chi connectivity index (χ4v) is 3.27. The molecule has 160 valence electrons. The molecule has 0 bridgehead atoms. The van der Waals surface area contributed by atoms with Gasteiger partial charge in [-0.3, -0.25) is 4.79 Å². The molecule has 0 radical (unpaired) electrons. The highest BCUT2D eigenvalue weighted by Gasteiger charge is 2.22. The summed E-state index contributed by atoms with van der Waals surface area (Å²) in [5.74, 6) is 3.48. The smallest absolute Gasteiger partial charge is 0.260 e. The van der Waals surface area contributed by atoms with Crippen molar-refractivity contribution in [1.29, 1.82) is 0 Å². The third-order valence-corrected chi connectivity index (χ3v) is 4.93. The van der Waals surface area contributed by atoms with E-state index in [2.05, 4.69) is 25.2 Å². The molecule has 0 spiro atoms. The van der Waals surface area contributed by atoms with Gasteiger partial charge in [0.15, 0.2) is 6.61 Å². The first-order valence-electron chi connectivity index (χ1n) is 10.0. The Labute approximate surface area is 180 Å². The van der Waals surface area contributed by atoms with Gasteiger partial charge in [0.2, 0.25) is 0 Å². The Kier molecular flexibility index (Phi) is 6.41. The molecule has 0 aliphatic carbocycles. The van der Waals surface area contributed by atoms with Crippen molar-refractivity contribution in [3.8, 4) is 11.5 Å². The van der Waals surface area contributed by atoms with Gasteiger partial charge < -0.3 is 24.6 Å². The lowest BCUT2D eigenvalue weighted by Gasteiger charge is -2.35. The number of carbonyl (C=O) groups excluding carboxylic acids is 1. The maximum absolute atomic E-state index is 12.5. The minimum Gasteiger partial charge on any atom is -0.497 e. The monoisotopic (exact) mass is 420 g/mol. The number of nitrogens with zero attached hydrogens (tertiary/aromatic N) is 5. The third-order valence-electron chi connectivity index (χ3n) is 4.93. The van der Waals surface area contributed by atoms with Crippen LogP contribution >= 0.6 is 0 Å². The summed E-state index contributed by atoms with van der Waals surface area (Å²) in [6.45, 7) is 2.58. The molecule has 1 aliphatic rings. The van der Waals surface area contributed by atoms with Crippen LogP contribution in [0.25, 0.3) is 0 Å². The number of rotatable bonds is 7. The number of benzene rings is 1. The molecule has 1 aromatic carbocycles. The van der Waals surface area contributed by atoms with Crippen LogP contribution in [0, 0.1) is 0 Å². The fourth-order valence-electron chi connectivity index (χ4n) is 3.27. The van der Waals surface area contributed by atoms with Gasteiger partial charge in [-0.2, -0.15) is 0 Å². The third kappa shape index (κ3) is 5.39. The number of anilines is 3. The summed E-state index contributed by atoms with van der Waals surface area (Å²) in [4.78, 5) is 29.4. The zero-order chi connectivity index (χ0) is 21.5. The van der Waals surface area contributed by atoms with Gasteiger partial charge in [-0.25, -0.2) is 15.0 Å². The molecular weight excluding hydrogens is 396 g/mol. The van der Waals surface area contributed by atoms with Gasteiger partial charge in [-0.15, -0.1) is 0 Å². The van der Waals surface area contributed by atoms with Crippen molar-refractivity contribution in [2.45, 2.75) is 0 Å². The number of aromatic nitrogens is 3. The second kappa shape index (κ2) is 9.75. The summed E-state index contributed by atoms with van der Waals surface area (Å²) in [7, 11) is 1.60. The minimum absolute atomic E-state index is 0.00117. The Balaban J connectivity index is 1.29. The summed E-state index contributed by atoms with van der Waals surface area (Å²) >= 11 is 0. The van der Waals surface area contributed by atoms with E-state index in [0.29, 0.717) is 43.5 Å². The largest absolute Gasteiger partial charge is 0.497 e. The Hall–Kier alpha value is -3.88. The van der Waals surface area contributed by atoms with Crippen LogP contribution in [0.3, 0.4) is 0 Å². The summed E-state index contributed by atoms with van der Waals surface area (Å²) in [5, 5.41) is 3.17. The standard InChI is InChI=1S/C22H24N6O3/c1-30-17-5-4-6-18(13-17)31-15-22(29)28-11-9-27(10-12-28)21-14-20(24-16-25-21)26-19-7-2-3-8-23-19/h2-8,13-14,16H,9-12,15H2,1H3,(H,23,24,25,26). The summed E-state index contributed by atoms with van der Waals surface area (Å²) in [5.41, 5.74) is 0. The Morgan fingerprint density at radius 1 is 0.968 bits per heavy atom. The summed E-state index contributed by atoms with van der Waals surface area (Å²) in [6.07, 6.45) is 3.25. The molecule has 9 nitrogen and oxygen atoms in total. The van der Waals surface area contributed by atoms with Gasteiger partial charge in [0, 0.05) is 44.5 Å². The van der Waals surface area contributed by atoms with Gasteiger partial charge in [0.05, 0.1) is 7.11 Å². The molecule has 3 heterocycles. The maximum Gasteiger partial charge on any atom is 0.260 e. The van der Waals surface area contributed by atoms with E-state index < -0.39 is 0 Å². The van der Waals surface area contributed by atoms with Crippen LogP contribution in [-0.2, 0) is 4.79 Å². The van der Waals surface area contributed by atoms with Crippen LogP contribution in [0.2, 0.25) is 0 Å². The van der Waals surface area contributed by atoms with E-state index in [-0.39, 0.29) is 12.5 Å². The van der Waals surface area contributed by atoms with E-state index in [1.807, 2.05) is 41.3 Å². The Morgan fingerprint density at radius 2 is 1.81 bits per heavy atom. The zero-order valence-electron chi connectivity index (χ0n) is 17.3. The molecule has 1 N–H and O–H groups in total. The van der Waals surface area contributed by atoms with Gasteiger partial charge in [0.25, 0.3) is 5.91 Å². The first-order valence-corrected chi connectivity index (χ1v) is 10.0. The Morgan fingerprint density at radius 3 is 2.58 bits per heavy atom. The second-order valence-corrected chi connectivity index (χ2v) is 6.94. The molecule has 1 fully saturated rings. The number of nitrogens with one attached hydrogen (secondary N) is 1. The molecule has 4 rings (SSSR count). The summed E-state index contributed by atoms with van der Waals surface area (Å²) < 4.78 is 10.8. The van der Waals surface area contributed by atoms with Crippen molar-refractivity contribution in [1.82, 2.24) is 19.9 Å². The molecule has 0 atom stereocenters. The molecular formula is C22H24N6O3. The van der Waals surface area contributed by atoms with Crippen LogP contribution in [0.5, 0.6) is 11.5 Å². The van der Waals surface area contributed by atoms with Crippen molar-refractivity contribution in [2.75, 3.05) is 50.1 Å². The Bertz CT molecular complexity index is 1010. The van der Waals surface area contributed by atoms with Gasteiger partial charge in [0.1, 0.15) is 35.3 Å². The van der Waals surface area contributed by atoms with Gasteiger partial charge in [-0.1, -0.05) is 12.1 Å². The lowest BCUT2D eigenvalue weighted by molar-refractivity contribution is -0.133. The molecule has 1 amide bonds. The number of amides is 1. The van der Waals surface area contributed by atoms with Crippen molar-refractivity contribution in [3.63, 3.8) is 0 Å². The molecule has 0 unspecified atom stereocenters. The normalized spacial score (nSPS) is 13.6. The highest BCUT2D eigenvalue weighted by atomic mass is 16.5. The molecule has 9 heteroatoms. The van der Waals surface area contributed by atoms with Crippen molar-refractivity contribution in [2.24, 2.45) is 0 Å². The number of methoxy groups -OCH3 is 1. The zero-order valence-corrected chi connectivity index (χ0v) is 17.3. The SMILES string of the molecule is COc1cccc(OCC(=O)N2CCN(c3cc(Nc4ccccn4)ncn3)CC2)c1. The second-order valence-electron chi connectivity index (χ2n) is 6.94. The van der Waals surface area contributed by atoms with Crippen LogP contribution in [0.4, 0.5) is 17.5 Å². The van der Waals surface area contributed by atoms with Gasteiger partial charge >= 0.3 is 0 Å². The quantitative estimate of drug-likeness (QED) is 0.623. The van der Waals surface area contributed by atoms with E-state index >= 15 is 0 Å². The number of hydrogen-bond donors (Lipinski definition) is 1. The van der Waals surface area contributed by atoms with Crippen LogP contribution in [0.1, 0.15) is 0 Å². The lowest BCUT2D eigenvalue weighted by Crippen LogP contribution is -2.50. The molecule has 1 aliphatic heterocycles. The van der Waals surface area contributed by atoms with Crippen LogP contribution in [-0.4, -0.2) is 65.7 Å². The topological polar surface area (TPSA) is 92.7 Å². The molecule has 3 aromatic rings. The first-order chi connectivity index (χ1) is 15.2. The highest BCUT2D eigenvalue weighted by molar-refractivity contribution is 5.78. The first kappa shape index (κ1) is 20.4. The lowest BCUT2D eigenvalue weighted by atomic mass is 10.3.